The van der Waals surface area contributed by atoms with Crippen LogP contribution in [0, 0.1) is 11.3 Å². The van der Waals surface area contributed by atoms with Crippen molar-refractivity contribution in [3.05, 3.63) is 54.2 Å². The molecule has 3 aromatic rings. The lowest BCUT2D eigenvalue weighted by Crippen LogP contribution is -2.04. The van der Waals surface area contributed by atoms with Crippen molar-refractivity contribution in [1.82, 2.24) is 10.2 Å². The zero-order valence-electron chi connectivity index (χ0n) is 13.6. The molecule has 0 fully saturated rings. The number of rotatable bonds is 5. The van der Waals surface area contributed by atoms with Gasteiger partial charge in [0.25, 0.3) is 0 Å². The van der Waals surface area contributed by atoms with Gasteiger partial charge in [-0.25, -0.2) is 0 Å². The summed E-state index contributed by atoms with van der Waals surface area (Å²) in [6.45, 7) is 2.49. The van der Waals surface area contributed by atoms with Gasteiger partial charge in [-0.15, -0.1) is 5.10 Å². The van der Waals surface area contributed by atoms with E-state index in [1.807, 2.05) is 31.2 Å². The number of aromatic nitrogens is 2. The van der Waals surface area contributed by atoms with Crippen LogP contribution in [0.3, 0.4) is 0 Å². The summed E-state index contributed by atoms with van der Waals surface area (Å²) in [5.74, 6) is 0.500. The smallest absolute Gasteiger partial charge is 0.189 e. The van der Waals surface area contributed by atoms with Crippen LogP contribution in [0.1, 0.15) is 13.9 Å². The topological polar surface area (TPSA) is 68.0 Å². The third-order valence-electron chi connectivity index (χ3n) is 3.37. The summed E-state index contributed by atoms with van der Waals surface area (Å²) in [4.78, 5) is 0. The lowest BCUT2D eigenvalue weighted by atomic mass is 10.0. The molecule has 0 aliphatic heterocycles. The predicted octanol–water partition coefficient (Wildman–Crippen LogP) is 3.54. The van der Waals surface area contributed by atoms with Crippen LogP contribution >= 0.6 is 0 Å². The second kappa shape index (κ2) is 6.86. The zero-order valence-corrected chi connectivity index (χ0v) is 12.6. The molecule has 0 spiro atoms. The quantitative estimate of drug-likeness (QED) is 0.532. The highest BCUT2D eigenvalue weighted by molar-refractivity contribution is 5.95. The third kappa shape index (κ3) is 3.12. The van der Waals surface area contributed by atoms with E-state index < -0.39 is 0 Å². The van der Waals surface area contributed by atoms with Crippen LogP contribution in [-0.2, 0) is 4.74 Å². The van der Waals surface area contributed by atoms with Gasteiger partial charge < -0.3 is 9.47 Å². The number of ether oxygens (including phenoxy) is 2. The van der Waals surface area contributed by atoms with Crippen molar-refractivity contribution in [2.45, 2.75) is 6.92 Å². The van der Waals surface area contributed by atoms with E-state index >= 15 is 0 Å². The summed E-state index contributed by atoms with van der Waals surface area (Å²) in [5, 5.41) is 18.7. The Labute approximate surface area is 135 Å². The fourth-order valence-electron chi connectivity index (χ4n) is 2.26. The van der Waals surface area contributed by atoms with E-state index in [1.165, 1.54) is 0 Å². The standard InChI is InChI=1S/C18H15N3O2/c1-2-22-12-23-17-9-13(10-19)7-8-16(17)18-15-6-4-3-5-14(15)11-20-21-18/h3-9,11H,2,12H2,1H3/i11D. The van der Waals surface area contributed by atoms with Gasteiger partial charge in [-0.2, -0.15) is 10.4 Å². The molecule has 0 saturated carbocycles. The second-order valence-electron chi connectivity index (χ2n) is 4.78. The van der Waals surface area contributed by atoms with Crippen molar-refractivity contribution >= 4 is 10.8 Å². The second-order valence-corrected chi connectivity index (χ2v) is 4.78. The zero-order chi connectivity index (χ0) is 16.9. The molecule has 0 aliphatic carbocycles. The Balaban J connectivity index is 2.15. The number of nitrogens with zero attached hydrogens (tertiary/aromatic N) is 3. The Hall–Kier alpha value is -2.97. The van der Waals surface area contributed by atoms with E-state index in [1.54, 1.807) is 18.2 Å². The van der Waals surface area contributed by atoms with E-state index in [4.69, 9.17) is 16.1 Å². The maximum absolute atomic E-state index is 9.11. The van der Waals surface area contributed by atoms with Gasteiger partial charge in [-0.1, -0.05) is 24.3 Å². The number of benzene rings is 2. The molecule has 0 N–H and O–H groups in total. The Kier molecular flexibility index (Phi) is 4.08. The lowest BCUT2D eigenvalue weighted by Gasteiger charge is -2.12. The van der Waals surface area contributed by atoms with Crippen LogP contribution < -0.4 is 4.74 Å². The Morgan fingerprint density at radius 2 is 2.13 bits per heavy atom. The monoisotopic (exact) mass is 306 g/mol. The summed E-state index contributed by atoms with van der Waals surface area (Å²) in [6.07, 6.45) is 0.125. The van der Waals surface area contributed by atoms with E-state index in [9.17, 15) is 0 Å². The average molecular weight is 306 g/mol. The molecule has 0 amide bonds. The normalized spacial score (nSPS) is 11.0. The molecule has 0 aliphatic rings. The first-order valence-corrected chi connectivity index (χ1v) is 7.21. The third-order valence-corrected chi connectivity index (χ3v) is 3.37. The van der Waals surface area contributed by atoms with Crippen molar-refractivity contribution in [3.8, 4) is 23.1 Å². The Morgan fingerprint density at radius 3 is 2.96 bits per heavy atom. The van der Waals surface area contributed by atoms with E-state index in [-0.39, 0.29) is 13.0 Å². The first-order valence-electron chi connectivity index (χ1n) is 7.71. The first kappa shape index (κ1) is 13.7. The van der Waals surface area contributed by atoms with Gasteiger partial charge in [0.2, 0.25) is 0 Å². The van der Waals surface area contributed by atoms with Crippen LogP contribution in [-0.4, -0.2) is 23.6 Å². The van der Waals surface area contributed by atoms with Gasteiger partial charge in [-0.05, 0) is 25.1 Å². The predicted molar refractivity (Wildman–Crippen MR) is 86.8 cm³/mol. The van der Waals surface area contributed by atoms with Gasteiger partial charge in [0.05, 0.1) is 19.2 Å². The van der Waals surface area contributed by atoms with E-state index in [2.05, 4.69) is 16.3 Å². The molecule has 0 radical (unpaired) electrons. The van der Waals surface area contributed by atoms with Gasteiger partial charge in [0, 0.05) is 22.9 Å². The Bertz CT molecular complexity index is 922. The Morgan fingerprint density at radius 1 is 1.26 bits per heavy atom. The molecule has 2 aromatic carbocycles. The van der Waals surface area contributed by atoms with Gasteiger partial charge >= 0.3 is 0 Å². The minimum Gasteiger partial charge on any atom is -0.467 e. The van der Waals surface area contributed by atoms with Crippen molar-refractivity contribution in [3.63, 3.8) is 0 Å². The van der Waals surface area contributed by atoms with Crippen LogP contribution in [0.4, 0.5) is 0 Å². The van der Waals surface area contributed by atoms with Crippen molar-refractivity contribution < 1.29 is 10.8 Å². The molecule has 5 nitrogen and oxygen atoms in total. The SMILES string of the molecule is [2H]c1nnc(-c2ccc(C#N)cc2OCOCC)c2ccccc12. The fraction of sp³-hybridized carbons (Fsp3) is 0.167. The summed E-state index contributed by atoms with van der Waals surface area (Å²) < 4.78 is 18.8. The average Bonchev–Trinajstić information content (AvgIpc) is 2.63. The van der Waals surface area contributed by atoms with Gasteiger partial charge in [0.1, 0.15) is 11.4 Å². The molecular weight excluding hydrogens is 290 g/mol. The van der Waals surface area contributed by atoms with Crippen LogP contribution in [0.25, 0.3) is 22.0 Å². The van der Waals surface area contributed by atoms with Crippen LogP contribution in [0.2, 0.25) is 0 Å². The summed E-state index contributed by atoms with van der Waals surface area (Å²) >= 11 is 0. The molecule has 1 aromatic heterocycles. The van der Waals surface area contributed by atoms with E-state index in [0.717, 1.165) is 5.39 Å². The molecule has 5 heteroatoms. The van der Waals surface area contributed by atoms with Crippen molar-refractivity contribution in [2.24, 2.45) is 0 Å². The minimum atomic E-state index is 0.0836. The van der Waals surface area contributed by atoms with Crippen LogP contribution in [0.5, 0.6) is 5.75 Å². The summed E-state index contributed by atoms with van der Waals surface area (Å²) in [7, 11) is 0. The van der Waals surface area contributed by atoms with Crippen LogP contribution in [0.15, 0.2) is 48.6 Å². The lowest BCUT2D eigenvalue weighted by molar-refractivity contribution is 0.0227. The van der Waals surface area contributed by atoms with Gasteiger partial charge in [-0.3, -0.25) is 0 Å². The highest BCUT2D eigenvalue weighted by Gasteiger charge is 2.13. The molecule has 114 valence electrons. The molecule has 0 atom stereocenters. The maximum Gasteiger partial charge on any atom is 0.189 e. The molecule has 23 heavy (non-hydrogen) atoms. The molecule has 1 heterocycles. The van der Waals surface area contributed by atoms with E-state index in [0.29, 0.717) is 34.6 Å². The van der Waals surface area contributed by atoms with Crippen molar-refractivity contribution in [1.29, 1.82) is 5.26 Å². The highest BCUT2D eigenvalue weighted by Crippen LogP contribution is 2.33. The number of fused-ring (bicyclic) bond motifs is 1. The number of nitriles is 1. The molecular formula is C18H15N3O2. The molecule has 0 saturated heterocycles. The summed E-state index contributed by atoms with van der Waals surface area (Å²) in [6, 6.07) is 14.7. The number of hydrogen-bond donors (Lipinski definition) is 0. The number of hydrogen-bond acceptors (Lipinski definition) is 5. The molecule has 0 unspecified atom stereocenters. The largest absolute Gasteiger partial charge is 0.467 e. The minimum absolute atomic E-state index is 0.0836. The first-order chi connectivity index (χ1) is 11.7. The van der Waals surface area contributed by atoms with Crippen molar-refractivity contribution in [2.75, 3.05) is 13.4 Å². The summed E-state index contributed by atoms with van der Waals surface area (Å²) in [5.41, 5.74) is 1.80. The van der Waals surface area contributed by atoms with Gasteiger partial charge in [0.15, 0.2) is 6.79 Å². The fourth-order valence-corrected chi connectivity index (χ4v) is 2.26. The maximum atomic E-state index is 9.11. The molecule has 0 bridgehead atoms. The molecule has 3 rings (SSSR count). The highest BCUT2D eigenvalue weighted by atomic mass is 16.7.